The smallest absolute Gasteiger partial charge is 0.258 e. The number of hydrogen-bond acceptors (Lipinski definition) is 7. The Morgan fingerprint density at radius 1 is 1.05 bits per heavy atom. The number of piperazine rings is 1. The van der Waals surface area contributed by atoms with Crippen molar-refractivity contribution in [2.45, 2.75) is 36.7 Å². The summed E-state index contributed by atoms with van der Waals surface area (Å²) in [6.07, 6.45) is 2.21. The van der Waals surface area contributed by atoms with E-state index in [1.54, 1.807) is 4.31 Å². The van der Waals surface area contributed by atoms with Gasteiger partial charge in [-0.25, -0.2) is 17.3 Å². The van der Waals surface area contributed by atoms with Crippen molar-refractivity contribution >= 4 is 34.1 Å². The fourth-order valence-corrected chi connectivity index (χ4v) is 6.73. The van der Waals surface area contributed by atoms with Gasteiger partial charge in [-0.15, -0.1) is 0 Å². The Bertz CT molecular complexity index is 1420. The lowest BCUT2D eigenvalue weighted by Gasteiger charge is -2.31. The third-order valence-electron chi connectivity index (χ3n) is 7.71. The topological polar surface area (TPSA) is 115 Å². The van der Waals surface area contributed by atoms with Crippen molar-refractivity contribution in [2.75, 3.05) is 61.5 Å². The predicted molar refractivity (Wildman–Crippen MR) is 152 cm³/mol. The Kier molecular flexibility index (Phi) is 8.28. The highest BCUT2D eigenvalue weighted by Gasteiger charge is 2.28. The van der Waals surface area contributed by atoms with E-state index in [2.05, 4.69) is 31.0 Å². The summed E-state index contributed by atoms with van der Waals surface area (Å²) in [4.78, 5) is 16.0. The molecule has 41 heavy (non-hydrogen) atoms. The van der Waals surface area contributed by atoms with Crippen LogP contribution in [0, 0.1) is 11.6 Å². The van der Waals surface area contributed by atoms with E-state index in [0.29, 0.717) is 43.1 Å². The van der Waals surface area contributed by atoms with Gasteiger partial charge in [0.25, 0.3) is 5.91 Å². The van der Waals surface area contributed by atoms with Gasteiger partial charge in [-0.2, -0.15) is 5.10 Å². The van der Waals surface area contributed by atoms with E-state index >= 15 is 0 Å². The number of halogens is 2. The van der Waals surface area contributed by atoms with E-state index in [1.807, 2.05) is 18.2 Å². The van der Waals surface area contributed by atoms with Crippen LogP contribution >= 0.6 is 0 Å². The molecular formula is C28H33F2N7O3S. The third-order valence-corrected chi connectivity index (χ3v) is 9.13. The van der Waals surface area contributed by atoms with E-state index in [0.717, 1.165) is 74.3 Å². The average Bonchev–Trinajstić information content (AvgIpc) is 3.39. The Hall–Kier alpha value is -3.39. The summed E-state index contributed by atoms with van der Waals surface area (Å²) in [5.41, 5.74) is 3.84. The molecule has 2 fully saturated rings. The van der Waals surface area contributed by atoms with Crippen molar-refractivity contribution < 1.29 is 22.5 Å². The number of carbonyl (C=O) groups excluding carboxylic acids is 1. The first-order valence-electron chi connectivity index (χ1n) is 13.9. The maximum atomic E-state index is 13.8. The molecule has 13 heteroatoms. The zero-order chi connectivity index (χ0) is 28.3. The number of aromatic amines is 1. The van der Waals surface area contributed by atoms with E-state index in [1.165, 1.54) is 0 Å². The molecule has 4 heterocycles. The molecular weight excluding hydrogens is 552 g/mol. The van der Waals surface area contributed by atoms with Crippen LogP contribution in [0.5, 0.6) is 0 Å². The lowest BCUT2D eigenvalue weighted by Crippen LogP contribution is -2.43. The van der Waals surface area contributed by atoms with Crippen molar-refractivity contribution in [3.8, 4) is 0 Å². The number of benzene rings is 2. The van der Waals surface area contributed by atoms with E-state index in [9.17, 15) is 17.8 Å². The Morgan fingerprint density at radius 2 is 1.80 bits per heavy atom. The number of rotatable bonds is 7. The van der Waals surface area contributed by atoms with Crippen LogP contribution in [0.2, 0.25) is 0 Å². The molecule has 0 saturated carbocycles. The molecule has 0 radical (unpaired) electrons. The zero-order valence-electron chi connectivity index (χ0n) is 22.6. The van der Waals surface area contributed by atoms with Crippen molar-refractivity contribution in [1.29, 1.82) is 0 Å². The summed E-state index contributed by atoms with van der Waals surface area (Å²) in [5, 5.41) is 17.2. The average molecular weight is 586 g/mol. The molecule has 10 nitrogen and oxygen atoms in total. The highest BCUT2D eigenvalue weighted by molar-refractivity contribution is 7.82. The van der Waals surface area contributed by atoms with Gasteiger partial charge in [-0.3, -0.25) is 9.89 Å². The Morgan fingerprint density at radius 3 is 2.56 bits per heavy atom. The first-order chi connectivity index (χ1) is 19.9. The first-order valence-corrected chi connectivity index (χ1v) is 15.0. The standard InChI is InChI=1S/C28H33F2N7O3S/c29-18-13-19(30)15-22(14-18)41(39)37-8-3-25-24(17-37)27(35-34-25)33-28(38)23-2-1-21(36-9-6-31-7-10-36)16-26(23)32-20-4-11-40-12-5-20/h1-2,13-16,20,31-32H,3-12,17H2,(H2,33,34,35,38). The van der Waals surface area contributed by atoms with Gasteiger partial charge in [-0.1, -0.05) is 0 Å². The van der Waals surface area contributed by atoms with Gasteiger partial charge in [0.15, 0.2) is 5.82 Å². The third kappa shape index (κ3) is 6.27. The number of amides is 1. The Labute approximate surface area is 239 Å². The van der Waals surface area contributed by atoms with Crippen molar-refractivity contribution in [1.82, 2.24) is 19.8 Å². The molecule has 6 rings (SSSR count). The van der Waals surface area contributed by atoms with Crippen LogP contribution in [0.1, 0.15) is 34.5 Å². The molecule has 1 aromatic heterocycles. The molecule has 0 spiro atoms. The Balaban J connectivity index is 1.22. The number of H-pyrrole nitrogens is 1. The van der Waals surface area contributed by atoms with E-state index in [-0.39, 0.29) is 23.4 Å². The molecule has 0 aliphatic carbocycles. The second kappa shape index (κ2) is 12.2. The quantitative estimate of drug-likeness (QED) is 0.337. The molecule has 218 valence electrons. The predicted octanol–water partition coefficient (Wildman–Crippen LogP) is 3.02. The summed E-state index contributed by atoms with van der Waals surface area (Å²) < 4.78 is 47.8. The summed E-state index contributed by atoms with van der Waals surface area (Å²) in [6.45, 7) is 5.55. The lowest BCUT2D eigenvalue weighted by molar-refractivity contribution is 0.0904. The van der Waals surface area contributed by atoms with Gasteiger partial charge >= 0.3 is 0 Å². The lowest BCUT2D eigenvalue weighted by atomic mass is 10.1. The highest BCUT2D eigenvalue weighted by Crippen LogP contribution is 2.30. The van der Waals surface area contributed by atoms with Crippen LogP contribution < -0.4 is 20.9 Å². The van der Waals surface area contributed by atoms with Gasteiger partial charge in [0.2, 0.25) is 0 Å². The van der Waals surface area contributed by atoms with Crippen molar-refractivity contribution in [3.05, 3.63) is 64.9 Å². The van der Waals surface area contributed by atoms with E-state index < -0.39 is 22.6 Å². The molecule has 3 aromatic rings. The van der Waals surface area contributed by atoms with Gasteiger partial charge in [0, 0.05) is 93.6 Å². The number of fused-ring (bicyclic) bond motifs is 1. The molecule has 1 atom stereocenters. The number of aromatic nitrogens is 2. The van der Waals surface area contributed by atoms with E-state index in [4.69, 9.17) is 4.74 Å². The molecule has 4 N–H and O–H groups in total. The number of anilines is 3. The minimum absolute atomic E-state index is 0.0495. The molecule has 0 bridgehead atoms. The maximum Gasteiger partial charge on any atom is 0.258 e. The molecule has 1 unspecified atom stereocenters. The van der Waals surface area contributed by atoms with Crippen LogP contribution in [0.15, 0.2) is 41.3 Å². The minimum atomic E-state index is -1.78. The molecule has 2 saturated heterocycles. The fraction of sp³-hybridized carbons (Fsp3) is 0.429. The summed E-state index contributed by atoms with van der Waals surface area (Å²) in [6, 6.07) is 8.95. The highest BCUT2D eigenvalue weighted by atomic mass is 32.2. The van der Waals surface area contributed by atoms with Crippen molar-refractivity contribution in [2.24, 2.45) is 0 Å². The normalized spacial score (nSPS) is 19.0. The molecule has 3 aliphatic heterocycles. The number of nitrogens with zero attached hydrogens (tertiary/aromatic N) is 3. The summed E-state index contributed by atoms with van der Waals surface area (Å²) in [7, 11) is -1.78. The van der Waals surface area contributed by atoms with Crippen molar-refractivity contribution in [3.63, 3.8) is 0 Å². The van der Waals surface area contributed by atoms with Gasteiger partial charge in [0.1, 0.15) is 22.6 Å². The fourth-order valence-electron chi connectivity index (χ4n) is 5.50. The van der Waals surface area contributed by atoms with Gasteiger partial charge in [0.05, 0.1) is 10.5 Å². The number of carbonyl (C=O) groups is 1. The summed E-state index contributed by atoms with van der Waals surface area (Å²) in [5.74, 6) is -1.53. The second-order valence-electron chi connectivity index (χ2n) is 10.4. The number of hydrogen-bond donors (Lipinski definition) is 4. The molecule has 2 aromatic carbocycles. The second-order valence-corrected chi connectivity index (χ2v) is 11.9. The van der Waals surface area contributed by atoms with Crippen LogP contribution in [0.4, 0.5) is 26.0 Å². The summed E-state index contributed by atoms with van der Waals surface area (Å²) >= 11 is 0. The molecule has 3 aliphatic rings. The number of nitrogens with one attached hydrogen (secondary N) is 4. The minimum Gasteiger partial charge on any atom is -0.381 e. The van der Waals surface area contributed by atoms with Crippen LogP contribution in [0.3, 0.4) is 0 Å². The van der Waals surface area contributed by atoms with Gasteiger partial charge < -0.3 is 25.6 Å². The molecule has 1 amide bonds. The van der Waals surface area contributed by atoms with Crippen LogP contribution in [-0.4, -0.2) is 76.6 Å². The number of ether oxygens (including phenoxy) is 1. The zero-order valence-corrected chi connectivity index (χ0v) is 23.4. The van der Waals surface area contributed by atoms with Crippen LogP contribution in [0.25, 0.3) is 0 Å². The first kappa shape index (κ1) is 27.8. The maximum absolute atomic E-state index is 13.8. The monoisotopic (exact) mass is 585 g/mol. The largest absolute Gasteiger partial charge is 0.381 e. The van der Waals surface area contributed by atoms with Gasteiger partial charge in [-0.05, 0) is 43.2 Å². The van der Waals surface area contributed by atoms with Crippen LogP contribution in [-0.2, 0) is 28.7 Å². The SMILES string of the molecule is O=C(Nc1n[nH]c2c1CN(S(=O)c1cc(F)cc(F)c1)CC2)c1ccc(N2CCNCC2)cc1NC1CCOCC1.